The van der Waals surface area contributed by atoms with E-state index in [4.69, 9.17) is 0 Å². The van der Waals surface area contributed by atoms with Gasteiger partial charge >= 0.3 is 6.18 Å². The van der Waals surface area contributed by atoms with Crippen LogP contribution >= 0.6 is 0 Å². The molecule has 0 aliphatic carbocycles. The SMILES string of the molecule is Cc1cccc(C(=O)NC(C(=O)Nc2ccc(OCC(F)(F)F)cc2)C(C)C)c1. The Balaban J connectivity index is 2.01. The van der Waals surface area contributed by atoms with Gasteiger partial charge in [0.05, 0.1) is 0 Å². The summed E-state index contributed by atoms with van der Waals surface area (Å²) in [4.78, 5) is 25.1. The first-order chi connectivity index (χ1) is 13.5. The van der Waals surface area contributed by atoms with Gasteiger partial charge in [0.25, 0.3) is 5.91 Å². The lowest BCUT2D eigenvalue weighted by atomic mass is 10.0. The fraction of sp³-hybridized carbons (Fsp3) is 0.333. The maximum atomic E-state index is 12.6. The summed E-state index contributed by atoms with van der Waals surface area (Å²) < 4.78 is 41.2. The van der Waals surface area contributed by atoms with Gasteiger partial charge in [0.2, 0.25) is 5.91 Å². The summed E-state index contributed by atoms with van der Waals surface area (Å²) in [5.74, 6) is -0.935. The van der Waals surface area contributed by atoms with Crippen LogP contribution < -0.4 is 15.4 Å². The molecule has 0 aromatic heterocycles. The molecule has 0 aliphatic heterocycles. The third kappa shape index (κ3) is 7.14. The van der Waals surface area contributed by atoms with Gasteiger partial charge < -0.3 is 15.4 Å². The first-order valence-electron chi connectivity index (χ1n) is 9.03. The predicted octanol–water partition coefficient (Wildman–Crippen LogP) is 4.33. The number of ether oxygens (including phenoxy) is 1. The highest BCUT2D eigenvalue weighted by atomic mass is 19.4. The zero-order chi connectivity index (χ0) is 21.6. The van der Waals surface area contributed by atoms with E-state index in [9.17, 15) is 22.8 Å². The minimum Gasteiger partial charge on any atom is -0.484 e. The molecule has 0 saturated heterocycles. The Morgan fingerprint density at radius 1 is 1.07 bits per heavy atom. The molecule has 29 heavy (non-hydrogen) atoms. The summed E-state index contributed by atoms with van der Waals surface area (Å²) in [5.41, 5.74) is 1.76. The van der Waals surface area contributed by atoms with Crippen molar-refractivity contribution in [1.29, 1.82) is 0 Å². The van der Waals surface area contributed by atoms with Gasteiger partial charge in [-0.05, 0) is 49.2 Å². The van der Waals surface area contributed by atoms with E-state index in [-0.39, 0.29) is 17.6 Å². The van der Waals surface area contributed by atoms with Crippen molar-refractivity contribution in [3.8, 4) is 5.75 Å². The molecule has 2 N–H and O–H groups in total. The summed E-state index contributed by atoms with van der Waals surface area (Å²) in [6.45, 7) is 4.08. The molecule has 0 fully saturated rings. The van der Waals surface area contributed by atoms with E-state index < -0.39 is 24.7 Å². The first kappa shape index (κ1) is 22.3. The van der Waals surface area contributed by atoms with Gasteiger partial charge in [-0.25, -0.2) is 0 Å². The molecule has 0 bridgehead atoms. The second-order valence-electron chi connectivity index (χ2n) is 6.98. The summed E-state index contributed by atoms with van der Waals surface area (Å²) in [6.07, 6.45) is -4.42. The minimum atomic E-state index is -4.42. The fourth-order valence-corrected chi connectivity index (χ4v) is 2.57. The van der Waals surface area contributed by atoms with Crippen LogP contribution in [0.25, 0.3) is 0 Å². The average molecular weight is 408 g/mol. The fourth-order valence-electron chi connectivity index (χ4n) is 2.57. The number of anilines is 1. The van der Waals surface area contributed by atoms with Crippen LogP contribution in [0.5, 0.6) is 5.75 Å². The summed E-state index contributed by atoms with van der Waals surface area (Å²) in [5, 5.41) is 5.39. The molecule has 2 rings (SSSR count). The van der Waals surface area contributed by atoms with Crippen LogP contribution in [0, 0.1) is 12.8 Å². The van der Waals surface area contributed by atoms with Crippen molar-refractivity contribution >= 4 is 17.5 Å². The van der Waals surface area contributed by atoms with Gasteiger partial charge in [-0.1, -0.05) is 31.5 Å². The van der Waals surface area contributed by atoms with E-state index in [1.54, 1.807) is 32.0 Å². The maximum absolute atomic E-state index is 12.6. The molecule has 0 heterocycles. The molecule has 1 atom stereocenters. The largest absolute Gasteiger partial charge is 0.484 e. The van der Waals surface area contributed by atoms with E-state index in [0.717, 1.165) is 5.56 Å². The van der Waals surface area contributed by atoms with Crippen molar-refractivity contribution in [1.82, 2.24) is 5.32 Å². The van der Waals surface area contributed by atoms with Crippen molar-refractivity contribution in [3.63, 3.8) is 0 Å². The highest BCUT2D eigenvalue weighted by Crippen LogP contribution is 2.20. The Kier molecular flexibility index (Phi) is 7.25. The van der Waals surface area contributed by atoms with Gasteiger partial charge in [-0.3, -0.25) is 9.59 Å². The molecule has 0 saturated carbocycles. The number of carbonyl (C=O) groups is 2. The molecule has 2 aromatic carbocycles. The van der Waals surface area contributed by atoms with Crippen molar-refractivity contribution in [2.45, 2.75) is 33.0 Å². The Labute approximate surface area is 167 Å². The standard InChI is InChI=1S/C21H23F3N2O3/c1-13(2)18(26-19(27)15-6-4-5-14(3)11-15)20(28)25-16-7-9-17(10-8-16)29-12-21(22,23)24/h4-11,13,18H,12H2,1-3H3,(H,25,28)(H,26,27). The normalized spacial score (nSPS) is 12.4. The van der Waals surface area contributed by atoms with Crippen LogP contribution in [0.1, 0.15) is 29.8 Å². The van der Waals surface area contributed by atoms with Crippen molar-refractivity contribution in [3.05, 3.63) is 59.7 Å². The number of hydrogen-bond donors (Lipinski definition) is 2. The second kappa shape index (κ2) is 9.45. The second-order valence-corrected chi connectivity index (χ2v) is 6.98. The van der Waals surface area contributed by atoms with Crippen LogP contribution in [0.3, 0.4) is 0 Å². The molecular formula is C21H23F3N2O3. The lowest BCUT2D eigenvalue weighted by Crippen LogP contribution is -2.47. The van der Waals surface area contributed by atoms with Gasteiger partial charge in [-0.2, -0.15) is 13.2 Å². The number of hydrogen-bond acceptors (Lipinski definition) is 3. The first-order valence-corrected chi connectivity index (χ1v) is 9.03. The highest BCUT2D eigenvalue weighted by molar-refractivity contribution is 6.01. The number of rotatable bonds is 7. The summed E-state index contributed by atoms with van der Waals surface area (Å²) in [6, 6.07) is 11.8. The van der Waals surface area contributed by atoms with Crippen molar-refractivity contribution in [2.75, 3.05) is 11.9 Å². The molecule has 156 valence electrons. The van der Waals surface area contributed by atoms with Gasteiger partial charge in [0.1, 0.15) is 11.8 Å². The third-order valence-electron chi connectivity index (χ3n) is 4.04. The molecule has 0 radical (unpaired) electrons. The number of amides is 2. The van der Waals surface area contributed by atoms with Gasteiger partial charge in [0, 0.05) is 11.3 Å². The molecule has 1 unspecified atom stereocenters. The average Bonchev–Trinajstić information content (AvgIpc) is 2.64. The number of nitrogens with one attached hydrogen (secondary N) is 2. The Morgan fingerprint density at radius 3 is 2.28 bits per heavy atom. The zero-order valence-corrected chi connectivity index (χ0v) is 16.3. The number of carbonyl (C=O) groups excluding carboxylic acids is 2. The molecule has 2 aromatic rings. The van der Waals surface area contributed by atoms with Crippen molar-refractivity contribution in [2.24, 2.45) is 5.92 Å². The van der Waals surface area contributed by atoms with Crippen LogP contribution in [-0.4, -0.2) is 30.6 Å². The van der Waals surface area contributed by atoms with Crippen LogP contribution in [-0.2, 0) is 4.79 Å². The summed E-state index contributed by atoms with van der Waals surface area (Å²) >= 11 is 0. The van der Waals surface area contributed by atoms with Gasteiger partial charge in [-0.15, -0.1) is 0 Å². The summed E-state index contributed by atoms with van der Waals surface area (Å²) in [7, 11) is 0. The Morgan fingerprint density at radius 2 is 1.72 bits per heavy atom. The highest BCUT2D eigenvalue weighted by Gasteiger charge is 2.28. The maximum Gasteiger partial charge on any atom is 0.422 e. The van der Waals surface area contributed by atoms with Crippen LogP contribution in [0.4, 0.5) is 18.9 Å². The quantitative estimate of drug-likeness (QED) is 0.717. The number of halogens is 3. The van der Waals surface area contributed by atoms with Gasteiger partial charge in [0.15, 0.2) is 6.61 Å². The number of alkyl halides is 3. The lowest BCUT2D eigenvalue weighted by molar-refractivity contribution is -0.153. The third-order valence-corrected chi connectivity index (χ3v) is 4.04. The molecular weight excluding hydrogens is 385 g/mol. The van der Waals surface area contributed by atoms with E-state index in [0.29, 0.717) is 11.3 Å². The van der Waals surface area contributed by atoms with Crippen molar-refractivity contribution < 1.29 is 27.5 Å². The molecule has 2 amide bonds. The molecule has 0 spiro atoms. The Bertz CT molecular complexity index is 849. The smallest absolute Gasteiger partial charge is 0.422 e. The van der Waals surface area contributed by atoms with E-state index >= 15 is 0 Å². The lowest BCUT2D eigenvalue weighted by Gasteiger charge is -2.22. The topological polar surface area (TPSA) is 67.4 Å². The zero-order valence-electron chi connectivity index (χ0n) is 16.3. The van der Waals surface area contributed by atoms with Crippen LogP contribution in [0.15, 0.2) is 48.5 Å². The molecule has 0 aliphatic rings. The predicted molar refractivity (Wildman–Crippen MR) is 104 cm³/mol. The monoisotopic (exact) mass is 408 g/mol. The molecule has 5 nitrogen and oxygen atoms in total. The van der Waals surface area contributed by atoms with E-state index in [2.05, 4.69) is 15.4 Å². The Hall–Kier alpha value is -3.03. The van der Waals surface area contributed by atoms with E-state index in [1.165, 1.54) is 24.3 Å². The molecule has 8 heteroatoms. The number of aryl methyl sites for hydroxylation is 1. The number of benzene rings is 2. The minimum absolute atomic E-state index is 0.0356. The van der Waals surface area contributed by atoms with Crippen LogP contribution in [0.2, 0.25) is 0 Å². The van der Waals surface area contributed by atoms with E-state index in [1.807, 2.05) is 13.0 Å².